The van der Waals surface area contributed by atoms with E-state index in [1.807, 2.05) is 0 Å². The van der Waals surface area contributed by atoms with Crippen molar-refractivity contribution in [1.29, 1.82) is 0 Å². The minimum atomic E-state index is -5.03. The average molecular weight is 461 g/mol. The molecule has 1 aromatic carbocycles. The summed E-state index contributed by atoms with van der Waals surface area (Å²) in [5, 5.41) is 11.5. The Morgan fingerprint density at radius 1 is 1.23 bits per heavy atom. The first-order valence-electron chi connectivity index (χ1n) is 8.46. The summed E-state index contributed by atoms with van der Waals surface area (Å²) in [5.41, 5.74) is 0.986. The van der Waals surface area contributed by atoms with Gasteiger partial charge in [-0.1, -0.05) is 6.07 Å². The Hall–Kier alpha value is -0.330. The van der Waals surface area contributed by atoms with E-state index in [-0.39, 0.29) is 115 Å². The Balaban J connectivity index is 0.00000420. The SMILES string of the molecule is COC(=O)Cc1cc2c(c([N+](=O)[O-])c1)N([13C](=O)CCCCOP(=O)([O-])[O-])CC2.[Na+].[Na+]. The van der Waals surface area contributed by atoms with Crippen molar-refractivity contribution in [2.75, 3.05) is 25.2 Å². The molecule has 14 heteroatoms. The van der Waals surface area contributed by atoms with Gasteiger partial charge >= 0.3 is 65.1 Å². The Labute approximate surface area is 217 Å². The van der Waals surface area contributed by atoms with Crippen molar-refractivity contribution in [3.63, 3.8) is 0 Å². The zero-order valence-electron chi connectivity index (χ0n) is 17.1. The van der Waals surface area contributed by atoms with Gasteiger partial charge in [0.05, 0.1) is 32.9 Å². The Bertz CT molecular complexity index is 831. The van der Waals surface area contributed by atoms with Gasteiger partial charge in [-0.15, -0.1) is 0 Å². The summed E-state index contributed by atoms with van der Waals surface area (Å²) in [6.45, 7) is -0.0469. The fourth-order valence-electron chi connectivity index (χ4n) is 3.01. The molecule has 1 heterocycles. The van der Waals surface area contributed by atoms with E-state index in [9.17, 15) is 34.1 Å². The summed E-state index contributed by atoms with van der Waals surface area (Å²) in [7, 11) is -3.81. The number of hydrogen-bond acceptors (Lipinski definition) is 9. The molecule has 0 N–H and O–H groups in total. The monoisotopic (exact) mass is 461 g/mol. The third kappa shape index (κ3) is 8.66. The van der Waals surface area contributed by atoms with Gasteiger partial charge < -0.3 is 28.5 Å². The number of carbonyl (C=O) groups is 2. The number of rotatable bonds is 9. The van der Waals surface area contributed by atoms with Crippen molar-refractivity contribution in [1.82, 2.24) is 0 Å². The molecule has 0 aromatic heterocycles. The summed E-state index contributed by atoms with van der Waals surface area (Å²) in [6.07, 6.45) is 0.767. The number of anilines is 1. The van der Waals surface area contributed by atoms with Gasteiger partial charge in [0, 0.05) is 19.0 Å². The van der Waals surface area contributed by atoms with E-state index < -0.39 is 18.7 Å². The number of esters is 1. The molecule has 11 nitrogen and oxygen atoms in total. The second-order valence-corrected chi connectivity index (χ2v) is 7.32. The quantitative estimate of drug-likeness (QED) is 0.0663. The molecule has 154 valence electrons. The molecule has 0 fully saturated rings. The predicted molar refractivity (Wildman–Crippen MR) is 92.3 cm³/mol. The number of fused-ring (bicyclic) bond motifs is 1. The molecule has 0 spiro atoms. The van der Waals surface area contributed by atoms with Gasteiger partial charge in [0.15, 0.2) is 0 Å². The zero-order chi connectivity index (χ0) is 20.9. The predicted octanol–water partition coefficient (Wildman–Crippen LogP) is -5.78. The van der Waals surface area contributed by atoms with Crippen LogP contribution in [0, 0.1) is 10.1 Å². The summed E-state index contributed by atoms with van der Waals surface area (Å²) in [5.74, 6) is -0.877. The largest absolute Gasteiger partial charge is 1.00 e. The van der Waals surface area contributed by atoms with Crippen molar-refractivity contribution < 1.29 is 97.2 Å². The number of nitrogens with zero attached hydrogens (tertiary/aromatic N) is 2. The summed E-state index contributed by atoms with van der Waals surface area (Å²) in [4.78, 5) is 56.9. The maximum Gasteiger partial charge on any atom is 1.00 e. The molecule has 0 unspecified atom stereocenters. The number of phosphoric ester groups is 1. The van der Waals surface area contributed by atoms with Crippen LogP contribution < -0.4 is 73.8 Å². The van der Waals surface area contributed by atoms with Crippen molar-refractivity contribution in [3.8, 4) is 0 Å². The number of benzene rings is 1. The molecule has 1 aromatic rings. The number of unbranched alkanes of at least 4 members (excludes halogenated alkanes) is 1. The first kappa shape index (κ1) is 29.7. The molecule has 0 saturated carbocycles. The normalized spacial score (nSPS) is 12.4. The fraction of sp³-hybridized carbons (Fsp3) is 0.500. The Morgan fingerprint density at radius 2 is 1.90 bits per heavy atom. The standard InChI is InChI=1S/C16H21N2O9P.2Na/c1-26-15(20)10-11-8-12-5-6-17(16(12)13(9-11)18(21)22)14(19)4-2-3-7-27-28(23,24)25;;/h8-9H,2-7,10H2,1H3,(H2,23,24,25);;/q;2*+1/p-2/i14+1;;. The topological polar surface area (TPSA) is 162 Å². The molecular weight excluding hydrogens is 442 g/mol. The van der Waals surface area contributed by atoms with Gasteiger partial charge in [0.2, 0.25) is 5.91 Å². The average Bonchev–Trinajstić information content (AvgIpc) is 3.03. The molecule has 1 aliphatic rings. The van der Waals surface area contributed by atoms with Crippen molar-refractivity contribution in [3.05, 3.63) is 33.4 Å². The minimum Gasteiger partial charge on any atom is -0.790 e. The van der Waals surface area contributed by atoms with Crippen LogP contribution in [0.25, 0.3) is 0 Å². The molecule has 30 heavy (non-hydrogen) atoms. The van der Waals surface area contributed by atoms with Crippen LogP contribution in [-0.4, -0.2) is 37.1 Å². The van der Waals surface area contributed by atoms with Crippen LogP contribution in [0.3, 0.4) is 0 Å². The van der Waals surface area contributed by atoms with Gasteiger partial charge in [0.25, 0.3) is 5.69 Å². The number of carbonyl (C=O) groups excluding carboxylic acids is 2. The number of nitro groups is 1. The van der Waals surface area contributed by atoms with Gasteiger partial charge in [-0.25, -0.2) is 0 Å². The van der Waals surface area contributed by atoms with Crippen LogP contribution >= 0.6 is 7.82 Å². The van der Waals surface area contributed by atoms with Crippen molar-refractivity contribution >= 4 is 31.1 Å². The van der Waals surface area contributed by atoms with Crippen molar-refractivity contribution in [2.24, 2.45) is 0 Å². The van der Waals surface area contributed by atoms with E-state index >= 15 is 0 Å². The van der Waals surface area contributed by atoms with E-state index in [1.165, 1.54) is 18.1 Å². The van der Waals surface area contributed by atoms with Crippen LogP contribution in [0.5, 0.6) is 0 Å². The number of ether oxygens (including phenoxy) is 1. The van der Waals surface area contributed by atoms with E-state index in [1.54, 1.807) is 6.07 Å². The summed E-state index contributed by atoms with van der Waals surface area (Å²) < 4.78 is 19.0. The zero-order valence-corrected chi connectivity index (χ0v) is 22.0. The minimum absolute atomic E-state index is 0. The summed E-state index contributed by atoms with van der Waals surface area (Å²) in [6, 6.07) is 2.91. The molecular formula is C16H19N2Na2O9P. The van der Waals surface area contributed by atoms with Crippen LogP contribution in [-0.2, 0) is 36.3 Å². The van der Waals surface area contributed by atoms with Crippen LogP contribution in [0.1, 0.15) is 30.4 Å². The van der Waals surface area contributed by atoms with Gasteiger partial charge in [-0.05, 0) is 30.4 Å². The molecule has 0 radical (unpaired) electrons. The first-order chi connectivity index (χ1) is 13.1. The van der Waals surface area contributed by atoms with Gasteiger partial charge in [-0.3, -0.25) is 19.7 Å². The molecule has 1 aliphatic heterocycles. The smallest absolute Gasteiger partial charge is 0.790 e. The van der Waals surface area contributed by atoms with Crippen LogP contribution in [0.4, 0.5) is 11.4 Å². The first-order valence-corrected chi connectivity index (χ1v) is 9.92. The Kier molecular flexibility index (Phi) is 13.1. The van der Waals surface area contributed by atoms with Crippen molar-refractivity contribution in [2.45, 2.75) is 32.1 Å². The second kappa shape index (κ2) is 13.3. The maximum atomic E-state index is 12.5. The number of amides is 1. The maximum absolute atomic E-state index is 12.5. The molecule has 0 aliphatic carbocycles. The van der Waals surface area contributed by atoms with Gasteiger partial charge in [-0.2, -0.15) is 0 Å². The van der Waals surface area contributed by atoms with Crippen LogP contribution in [0.2, 0.25) is 0 Å². The van der Waals surface area contributed by atoms with E-state index in [0.29, 0.717) is 17.5 Å². The number of hydrogen-bond donors (Lipinski definition) is 0. The number of phosphoric acid groups is 1. The molecule has 2 rings (SSSR count). The van der Waals surface area contributed by atoms with E-state index in [4.69, 9.17) is 0 Å². The fourth-order valence-corrected chi connectivity index (χ4v) is 3.36. The number of nitro benzene ring substituents is 1. The molecule has 0 bridgehead atoms. The third-order valence-electron chi connectivity index (χ3n) is 4.21. The van der Waals surface area contributed by atoms with E-state index in [0.717, 1.165) is 0 Å². The number of methoxy groups -OCH3 is 1. The summed E-state index contributed by atoms with van der Waals surface area (Å²) >= 11 is 0. The molecule has 1 amide bonds. The molecule has 0 saturated heterocycles. The van der Waals surface area contributed by atoms with E-state index in [2.05, 4.69) is 9.26 Å². The third-order valence-corrected chi connectivity index (χ3v) is 4.71. The van der Waals surface area contributed by atoms with Crippen LogP contribution in [0.15, 0.2) is 12.1 Å². The van der Waals surface area contributed by atoms with Gasteiger partial charge in [0.1, 0.15) is 5.69 Å². The second-order valence-electron chi connectivity index (χ2n) is 6.17. The molecule has 0 atom stereocenters. The Morgan fingerprint density at radius 3 is 2.47 bits per heavy atom.